The summed E-state index contributed by atoms with van der Waals surface area (Å²) in [6, 6.07) is 0. The zero-order chi connectivity index (χ0) is 7.94. The number of unbranched alkanes of at least 4 members (excludes halogenated alkanes) is 1. The molecule has 1 saturated carbocycles. The van der Waals surface area contributed by atoms with E-state index in [1.54, 1.807) is 0 Å². The van der Waals surface area contributed by atoms with E-state index in [1.165, 1.54) is 25.7 Å². The van der Waals surface area contributed by atoms with E-state index in [2.05, 4.69) is 0 Å². The van der Waals surface area contributed by atoms with Crippen LogP contribution in [0.25, 0.3) is 0 Å². The van der Waals surface area contributed by atoms with Crippen LogP contribution in [0, 0.1) is 0 Å². The van der Waals surface area contributed by atoms with E-state index in [0.29, 0.717) is 6.10 Å². The van der Waals surface area contributed by atoms with Crippen LogP contribution >= 0.6 is 0 Å². The standard InChI is InChI=1S/C9H17O2/c10-7-3-4-8-11-9-5-1-2-6-9/h9H,1-8H2. The van der Waals surface area contributed by atoms with Crippen molar-refractivity contribution >= 4 is 0 Å². The van der Waals surface area contributed by atoms with Crippen molar-refractivity contribution in [2.45, 2.75) is 44.6 Å². The average Bonchev–Trinajstić information content (AvgIpc) is 2.50. The van der Waals surface area contributed by atoms with Crippen molar-refractivity contribution < 1.29 is 9.84 Å². The Hall–Kier alpha value is -0.0800. The number of rotatable bonds is 5. The summed E-state index contributed by atoms with van der Waals surface area (Å²) in [4.78, 5) is 0. The molecule has 0 bridgehead atoms. The largest absolute Gasteiger partial charge is 0.378 e. The first-order chi connectivity index (χ1) is 5.43. The van der Waals surface area contributed by atoms with E-state index in [9.17, 15) is 5.11 Å². The molecule has 11 heavy (non-hydrogen) atoms. The van der Waals surface area contributed by atoms with Gasteiger partial charge >= 0.3 is 0 Å². The summed E-state index contributed by atoms with van der Waals surface area (Å²) in [5, 5.41) is 10.1. The molecule has 0 aromatic carbocycles. The van der Waals surface area contributed by atoms with E-state index >= 15 is 0 Å². The molecule has 0 spiro atoms. The molecule has 0 unspecified atom stereocenters. The van der Waals surface area contributed by atoms with Crippen LogP contribution in [0.15, 0.2) is 0 Å². The van der Waals surface area contributed by atoms with Crippen LogP contribution in [-0.4, -0.2) is 19.3 Å². The molecule has 0 aromatic heterocycles. The molecule has 0 saturated heterocycles. The smallest absolute Gasteiger partial charge is 0.0823 e. The topological polar surface area (TPSA) is 29.1 Å². The van der Waals surface area contributed by atoms with Crippen molar-refractivity contribution in [3.05, 3.63) is 0 Å². The van der Waals surface area contributed by atoms with Crippen LogP contribution in [0.4, 0.5) is 0 Å². The quantitative estimate of drug-likeness (QED) is 0.562. The Morgan fingerprint density at radius 2 is 1.91 bits per heavy atom. The Bertz CT molecular complexity index is 87.6. The summed E-state index contributed by atoms with van der Waals surface area (Å²) >= 11 is 0. The lowest BCUT2D eigenvalue weighted by molar-refractivity contribution is 0.0514. The maximum Gasteiger partial charge on any atom is 0.0823 e. The fraction of sp³-hybridized carbons (Fsp3) is 1.00. The van der Waals surface area contributed by atoms with Gasteiger partial charge in [-0.3, -0.25) is 0 Å². The zero-order valence-electron chi connectivity index (χ0n) is 7.05. The molecule has 0 amide bonds. The van der Waals surface area contributed by atoms with Gasteiger partial charge in [0, 0.05) is 6.61 Å². The average molecular weight is 157 g/mol. The zero-order valence-corrected chi connectivity index (χ0v) is 7.05. The Balaban J connectivity index is 1.86. The van der Waals surface area contributed by atoms with Gasteiger partial charge in [-0.2, -0.15) is 0 Å². The van der Waals surface area contributed by atoms with Crippen molar-refractivity contribution in [1.29, 1.82) is 0 Å². The minimum atomic E-state index is 0.0496. The van der Waals surface area contributed by atoms with Gasteiger partial charge < -0.3 is 4.74 Å². The lowest BCUT2D eigenvalue weighted by Crippen LogP contribution is -2.08. The van der Waals surface area contributed by atoms with Gasteiger partial charge in [0.1, 0.15) is 0 Å². The number of ether oxygens (including phenoxy) is 1. The van der Waals surface area contributed by atoms with E-state index in [-0.39, 0.29) is 6.61 Å². The van der Waals surface area contributed by atoms with Crippen molar-refractivity contribution in [3.8, 4) is 0 Å². The first-order valence-corrected chi connectivity index (χ1v) is 4.63. The highest BCUT2D eigenvalue weighted by atomic mass is 16.5. The van der Waals surface area contributed by atoms with E-state index in [1.807, 2.05) is 0 Å². The molecular formula is C9H17O2. The Morgan fingerprint density at radius 1 is 1.18 bits per heavy atom. The third-order valence-electron chi connectivity index (χ3n) is 2.19. The van der Waals surface area contributed by atoms with Crippen LogP contribution < -0.4 is 0 Å². The summed E-state index contributed by atoms with van der Waals surface area (Å²) in [5.41, 5.74) is 0. The molecule has 1 aliphatic rings. The van der Waals surface area contributed by atoms with Crippen LogP contribution in [0.1, 0.15) is 38.5 Å². The minimum absolute atomic E-state index is 0.0496. The molecule has 1 rings (SSSR count). The fourth-order valence-corrected chi connectivity index (χ4v) is 1.51. The van der Waals surface area contributed by atoms with E-state index in [4.69, 9.17) is 4.74 Å². The molecule has 65 valence electrons. The van der Waals surface area contributed by atoms with Crippen LogP contribution in [-0.2, 0) is 9.84 Å². The van der Waals surface area contributed by atoms with Gasteiger partial charge in [0.15, 0.2) is 0 Å². The second-order valence-electron chi connectivity index (χ2n) is 3.19. The Kier molecular flexibility index (Phi) is 4.55. The van der Waals surface area contributed by atoms with E-state index < -0.39 is 0 Å². The summed E-state index contributed by atoms with van der Waals surface area (Å²) in [5.74, 6) is 0. The van der Waals surface area contributed by atoms with Gasteiger partial charge in [0.2, 0.25) is 0 Å². The van der Waals surface area contributed by atoms with E-state index in [0.717, 1.165) is 19.4 Å². The molecule has 0 N–H and O–H groups in total. The first-order valence-electron chi connectivity index (χ1n) is 4.63. The molecule has 0 atom stereocenters. The molecular weight excluding hydrogens is 140 g/mol. The third-order valence-corrected chi connectivity index (χ3v) is 2.19. The lowest BCUT2D eigenvalue weighted by Gasteiger charge is -2.09. The van der Waals surface area contributed by atoms with Gasteiger partial charge in [0.25, 0.3) is 0 Å². The molecule has 2 heteroatoms. The van der Waals surface area contributed by atoms with Crippen LogP contribution in [0.3, 0.4) is 0 Å². The Labute approximate surface area is 68.6 Å². The Morgan fingerprint density at radius 3 is 2.55 bits per heavy atom. The van der Waals surface area contributed by atoms with Crippen molar-refractivity contribution in [1.82, 2.24) is 0 Å². The van der Waals surface area contributed by atoms with Crippen molar-refractivity contribution in [3.63, 3.8) is 0 Å². The van der Waals surface area contributed by atoms with Gasteiger partial charge in [-0.15, -0.1) is 0 Å². The predicted octanol–water partition coefficient (Wildman–Crippen LogP) is 2.16. The minimum Gasteiger partial charge on any atom is -0.378 e. The molecule has 1 radical (unpaired) electrons. The molecule has 1 fully saturated rings. The van der Waals surface area contributed by atoms with Gasteiger partial charge in [0.05, 0.1) is 12.7 Å². The van der Waals surface area contributed by atoms with Crippen molar-refractivity contribution in [2.24, 2.45) is 0 Å². The fourth-order valence-electron chi connectivity index (χ4n) is 1.51. The molecule has 2 nitrogen and oxygen atoms in total. The monoisotopic (exact) mass is 157 g/mol. The maximum atomic E-state index is 10.1. The predicted molar refractivity (Wildman–Crippen MR) is 43.0 cm³/mol. The summed E-state index contributed by atoms with van der Waals surface area (Å²) < 4.78 is 5.57. The van der Waals surface area contributed by atoms with Crippen molar-refractivity contribution in [2.75, 3.05) is 13.2 Å². The second-order valence-corrected chi connectivity index (χ2v) is 3.19. The number of hydrogen-bond acceptors (Lipinski definition) is 1. The summed E-state index contributed by atoms with van der Waals surface area (Å²) in [6.45, 7) is 0.848. The first kappa shape index (κ1) is 9.01. The summed E-state index contributed by atoms with van der Waals surface area (Å²) in [7, 11) is 0. The lowest BCUT2D eigenvalue weighted by atomic mass is 10.3. The van der Waals surface area contributed by atoms with Gasteiger partial charge in [-0.1, -0.05) is 12.8 Å². The third kappa shape index (κ3) is 3.73. The highest BCUT2D eigenvalue weighted by Gasteiger charge is 2.14. The molecule has 0 aromatic rings. The molecule has 1 aliphatic carbocycles. The second kappa shape index (κ2) is 5.56. The SMILES string of the molecule is [O]CCCCOC1CCCC1. The highest BCUT2D eigenvalue weighted by Crippen LogP contribution is 2.20. The van der Waals surface area contributed by atoms with Crippen LogP contribution in [0.5, 0.6) is 0 Å². The molecule has 0 heterocycles. The molecule has 0 aliphatic heterocycles. The van der Waals surface area contributed by atoms with Gasteiger partial charge in [-0.05, 0) is 25.7 Å². The van der Waals surface area contributed by atoms with Gasteiger partial charge in [-0.25, -0.2) is 5.11 Å². The maximum absolute atomic E-state index is 10.1. The highest BCUT2D eigenvalue weighted by molar-refractivity contribution is 4.66. The summed E-state index contributed by atoms with van der Waals surface area (Å²) in [6.07, 6.45) is 7.35. The number of hydrogen-bond donors (Lipinski definition) is 0. The van der Waals surface area contributed by atoms with Crippen LogP contribution in [0.2, 0.25) is 0 Å². The normalized spacial score (nSPS) is 19.4.